The lowest BCUT2D eigenvalue weighted by atomic mass is 10.1. The van der Waals surface area contributed by atoms with E-state index in [0.717, 1.165) is 22.4 Å². The highest BCUT2D eigenvalue weighted by atomic mass is 16.5. The molecule has 0 unspecified atom stereocenters. The zero-order valence-corrected chi connectivity index (χ0v) is 12.6. The van der Waals surface area contributed by atoms with Crippen molar-refractivity contribution < 1.29 is 9.53 Å². The maximum atomic E-state index is 11.1. The molecular formula is C17H20N2O2. The number of primary amides is 1. The maximum Gasteiger partial charge on any atom is 0.248 e. The highest BCUT2D eigenvalue weighted by Gasteiger charge is 2.09. The first-order valence-electron chi connectivity index (χ1n) is 6.78. The van der Waals surface area contributed by atoms with Crippen LogP contribution in [0.3, 0.4) is 0 Å². The molecule has 0 aromatic heterocycles. The number of benzene rings is 2. The van der Waals surface area contributed by atoms with Crippen LogP contribution in [-0.2, 0) is 6.61 Å². The van der Waals surface area contributed by atoms with Crippen molar-refractivity contribution in [2.75, 3.05) is 5.73 Å². The quantitative estimate of drug-likeness (QED) is 0.847. The van der Waals surface area contributed by atoms with Gasteiger partial charge in [-0.15, -0.1) is 0 Å². The summed E-state index contributed by atoms with van der Waals surface area (Å²) >= 11 is 0. The van der Waals surface area contributed by atoms with Gasteiger partial charge in [-0.2, -0.15) is 0 Å². The van der Waals surface area contributed by atoms with Crippen LogP contribution in [0.15, 0.2) is 30.3 Å². The van der Waals surface area contributed by atoms with Crippen LogP contribution in [0, 0.1) is 20.8 Å². The molecule has 4 N–H and O–H groups in total. The topological polar surface area (TPSA) is 78.3 Å². The molecule has 0 aliphatic rings. The van der Waals surface area contributed by atoms with E-state index in [0.29, 0.717) is 17.9 Å². The molecule has 0 heterocycles. The second kappa shape index (κ2) is 5.87. The van der Waals surface area contributed by atoms with Gasteiger partial charge in [0.25, 0.3) is 0 Å². The van der Waals surface area contributed by atoms with Gasteiger partial charge in [-0.3, -0.25) is 4.79 Å². The Labute approximate surface area is 124 Å². The van der Waals surface area contributed by atoms with Crippen LogP contribution in [0.1, 0.15) is 32.6 Å². The van der Waals surface area contributed by atoms with E-state index in [-0.39, 0.29) is 0 Å². The fourth-order valence-corrected chi connectivity index (χ4v) is 2.18. The summed E-state index contributed by atoms with van der Waals surface area (Å²) in [5, 5.41) is 0. The van der Waals surface area contributed by atoms with Gasteiger partial charge in [0.15, 0.2) is 0 Å². The minimum atomic E-state index is -0.487. The smallest absolute Gasteiger partial charge is 0.248 e. The Kier molecular flexibility index (Phi) is 4.17. The van der Waals surface area contributed by atoms with Gasteiger partial charge in [0, 0.05) is 16.8 Å². The number of anilines is 1. The lowest BCUT2D eigenvalue weighted by molar-refractivity contribution is 0.100. The number of aryl methyl sites for hydroxylation is 2. The van der Waals surface area contributed by atoms with Gasteiger partial charge in [-0.1, -0.05) is 18.2 Å². The molecule has 0 fully saturated rings. The van der Waals surface area contributed by atoms with E-state index in [9.17, 15) is 4.79 Å². The van der Waals surface area contributed by atoms with Gasteiger partial charge in [0.1, 0.15) is 12.4 Å². The predicted octanol–water partition coefficient (Wildman–Crippen LogP) is 2.87. The molecule has 4 heteroatoms. The van der Waals surface area contributed by atoms with Gasteiger partial charge in [-0.05, 0) is 49.6 Å². The zero-order valence-electron chi connectivity index (χ0n) is 12.6. The number of ether oxygens (including phenoxy) is 1. The van der Waals surface area contributed by atoms with Crippen LogP contribution in [0.2, 0.25) is 0 Å². The van der Waals surface area contributed by atoms with Crippen LogP contribution >= 0.6 is 0 Å². The largest absolute Gasteiger partial charge is 0.488 e. The first-order valence-corrected chi connectivity index (χ1v) is 6.78. The molecule has 0 aliphatic heterocycles. The Balaban J connectivity index is 2.21. The Morgan fingerprint density at radius 2 is 1.76 bits per heavy atom. The van der Waals surface area contributed by atoms with E-state index in [2.05, 4.69) is 13.0 Å². The van der Waals surface area contributed by atoms with Crippen molar-refractivity contribution in [2.45, 2.75) is 27.4 Å². The van der Waals surface area contributed by atoms with E-state index in [1.165, 1.54) is 5.56 Å². The SMILES string of the molecule is Cc1ccc(C)c(OCc2ccc(C(N)=O)cc2N)c1C. The number of rotatable bonds is 4. The number of hydrogen-bond acceptors (Lipinski definition) is 3. The molecule has 0 saturated heterocycles. The fraction of sp³-hybridized carbons (Fsp3) is 0.235. The Morgan fingerprint density at radius 1 is 1.10 bits per heavy atom. The summed E-state index contributed by atoms with van der Waals surface area (Å²) in [6, 6.07) is 9.13. The third-order valence-electron chi connectivity index (χ3n) is 3.68. The summed E-state index contributed by atoms with van der Waals surface area (Å²) in [6.45, 7) is 6.46. The van der Waals surface area contributed by atoms with E-state index < -0.39 is 5.91 Å². The summed E-state index contributed by atoms with van der Waals surface area (Å²) < 4.78 is 5.92. The number of carbonyl (C=O) groups excluding carboxylic acids is 1. The van der Waals surface area contributed by atoms with Gasteiger partial charge in [0.05, 0.1) is 0 Å². The van der Waals surface area contributed by atoms with Crippen molar-refractivity contribution in [3.8, 4) is 5.75 Å². The van der Waals surface area contributed by atoms with E-state index >= 15 is 0 Å². The lowest BCUT2D eigenvalue weighted by Gasteiger charge is -2.15. The first kappa shape index (κ1) is 14.9. The van der Waals surface area contributed by atoms with Crippen molar-refractivity contribution in [3.05, 3.63) is 58.1 Å². The molecule has 0 aliphatic carbocycles. The minimum Gasteiger partial charge on any atom is -0.488 e. The van der Waals surface area contributed by atoms with Crippen LogP contribution in [0.5, 0.6) is 5.75 Å². The number of carbonyl (C=O) groups is 1. The van der Waals surface area contributed by atoms with Crippen LogP contribution in [0.4, 0.5) is 5.69 Å². The van der Waals surface area contributed by atoms with Crippen molar-refractivity contribution in [1.82, 2.24) is 0 Å². The summed E-state index contributed by atoms with van der Waals surface area (Å²) in [5.41, 5.74) is 16.3. The number of amides is 1. The average Bonchev–Trinajstić information content (AvgIpc) is 2.44. The van der Waals surface area contributed by atoms with Crippen molar-refractivity contribution in [3.63, 3.8) is 0 Å². The van der Waals surface area contributed by atoms with Gasteiger partial charge in [-0.25, -0.2) is 0 Å². The summed E-state index contributed by atoms with van der Waals surface area (Å²) in [4.78, 5) is 11.1. The van der Waals surface area contributed by atoms with Crippen molar-refractivity contribution in [1.29, 1.82) is 0 Å². The fourth-order valence-electron chi connectivity index (χ4n) is 2.18. The number of hydrogen-bond donors (Lipinski definition) is 2. The number of nitrogens with two attached hydrogens (primary N) is 2. The summed E-state index contributed by atoms with van der Waals surface area (Å²) in [7, 11) is 0. The third-order valence-corrected chi connectivity index (χ3v) is 3.68. The molecule has 0 spiro atoms. The molecule has 4 nitrogen and oxygen atoms in total. The van der Waals surface area contributed by atoms with Gasteiger partial charge >= 0.3 is 0 Å². The molecule has 110 valence electrons. The summed E-state index contributed by atoms with van der Waals surface area (Å²) in [6.07, 6.45) is 0. The van der Waals surface area contributed by atoms with E-state index in [1.54, 1.807) is 18.2 Å². The highest BCUT2D eigenvalue weighted by Crippen LogP contribution is 2.27. The van der Waals surface area contributed by atoms with E-state index in [1.807, 2.05) is 19.9 Å². The standard InChI is InChI=1S/C17H20N2O2/c1-10-4-5-11(2)16(12(10)3)21-9-14-7-6-13(17(19)20)8-15(14)18/h4-8H,9,18H2,1-3H3,(H2,19,20). The molecule has 1 amide bonds. The molecule has 0 bridgehead atoms. The molecule has 2 aromatic rings. The molecule has 2 aromatic carbocycles. The Hall–Kier alpha value is -2.49. The lowest BCUT2D eigenvalue weighted by Crippen LogP contribution is -2.12. The second-order valence-electron chi connectivity index (χ2n) is 5.22. The molecular weight excluding hydrogens is 264 g/mol. The van der Waals surface area contributed by atoms with Gasteiger partial charge in [0.2, 0.25) is 5.91 Å². The molecule has 21 heavy (non-hydrogen) atoms. The number of nitrogen functional groups attached to an aromatic ring is 1. The van der Waals surface area contributed by atoms with Crippen molar-refractivity contribution >= 4 is 11.6 Å². The molecule has 0 atom stereocenters. The summed E-state index contributed by atoms with van der Waals surface area (Å²) in [5.74, 6) is 0.396. The Bertz CT molecular complexity index is 693. The highest BCUT2D eigenvalue weighted by molar-refractivity contribution is 5.93. The van der Waals surface area contributed by atoms with Gasteiger partial charge < -0.3 is 16.2 Å². The maximum absolute atomic E-state index is 11.1. The van der Waals surface area contributed by atoms with Crippen molar-refractivity contribution in [2.24, 2.45) is 5.73 Å². The predicted molar refractivity (Wildman–Crippen MR) is 84.4 cm³/mol. The normalized spacial score (nSPS) is 10.4. The van der Waals surface area contributed by atoms with E-state index in [4.69, 9.17) is 16.2 Å². The molecule has 2 rings (SSSR count). The van der Waals surface area contributed by atoms with Crippen LogP contribution < -0.4 is 16.2 Å². The molecule has 0 radical (unpaired) electrons. The Morgan fingerprint density at radius 3 is 2.38 bits per heavy atom. The third kappa shape index (κ3) is 3.16. The molecule has 0 saturated carbocycles. The van der Waals surface area contributed by atoms with Crippen LogP contribution in [-0.4, -0.2) is 5.91 Å². The average molecular weight is 284 g/mol. The first-order chi connectivity index (χ1) is 9.90. The second-order valence-corrected chi connectivity index (χ2v) is 5.22. The minimum absolute atomic E-state index is 0.357. The monoisotopic (exact) mass is 284 g/mol. The van der Waals surface area contributed by atoms with Crippen LogP contribution in [0.25, 0.3) is 0 Å². The zero-order chi connectivity index (χ0) is 15.6.